The topological polar surface area (TPSA) is 63.6 Å². The fraction of sp³-hybridized carbons (Fsp3) is 0.667. The van der Waals surface area contributed by atoms with Gasteiger partial charge in [0.2, 0.25) is 0 Å². The summed E-state index contributed by atoms with van der Waals surface area (Å²) >= 11 is 0. The van der Waals surface area contributed by atoms with Crippen LogP contribution in [0.4, 0.5) is 0 Å². The van der Waals surface area contributed by atoms with E-state index in [1.54, 1.807) is 0 Å². The number of rotatable bonds is 2. The molecule has 0 rings (SSSR count). The van der Waals surface area contributed by atoms with E-state index in [1.165, 1.54) is 0 Å². The molecular weight excluding hydrogens is 129 g/mol. The van der Waals surface area contributed by atoms with E-state index in [1.807, 2.05) is 5.75 Å². The fourth-order valence-corrected chi connectivity index (χ4v) is 0.377. The molecule has 0 spiro atoms. The molecule has 0 aliphatic heterocycles. The summed E-state index contributed by atoms with van der Waals surface area (Å²) in [5.41, 5.74) is 0. The number of hydrogen-bond acceptors (Lipinski definition) is 4. The molecule has 0 unspecified atom stereocenters. The number of aliphatic hydroxyl groups is 1. The zero-order valence-electron chi connectivity index (χ0n) is 4.07. The summed E-state index contributed by atoms with van der Waals surface area (Å²) in [5, 5.41) is 18.4. The standard InChI is InChI=1S/C3H5NO3P/c5-2-1-4(6)3-8-7/h5H,1-2H2/q-1. The van der Waals surface area contributed by atoms with E-state index < -0.39 is 7.92 Å². The number of aliphatic hydroxyl groups excluding tert-OH is 1. The Bertz CT molecular complexity index is 140. The van der Waals surface area contributed by atoms with Crippen molar-refractivity contribution < 1.29 is 9.67 Å². The van der Waals surface area contributed by atoms with Gasteiger partial charge in [0, 0.05) is 0 Å². The first kappa shape index (κ1) is 7.89. The third-order valence-corrected chi connectivity index (χ3v) is 0.760. The zero-order valence-corrected chi connectivity index (χ0v) is 4.97. The molecule has 0 heterocycles. The third kappa shape index (κ3) is 4.06. The molecule has 0 saturated heterocycles. The Labute approximate surface area is 47.8 Å². The van der Waals surface area contributed by atoms with Crippen molar-refractivity contribution in [2.45, 2.75) is 0 Å². The van der Waals surface area contributed by atoms with Crippen molar-refractivity contribution in [3.05, 3.63) is 5.21 Å². The van der Waals surface area contributed by atoms with Crippen LogP contribution in [0.5, 0.6) is 0 Å². The number of nitrogens with zero attached hydrogens (tertiary/aromatic N) is 1. The minimum atomic E-state index is -0.449. The summed E-state index contributed by atoms with van der Waals surface area (Å²) in [7, 11) is -0.449. The van der Waals surface area contributed by atoms with Gasteiger partial charge in [0.25, 0.3) is 0 Å². The first-order valence-corrected chi connectivity index (χ1v) is 2.76. The Morgan fingerprint density at radius 3 is 2.88 bits per heavy atom. The van der Waals surface area contributed by atoms with E-state index in [0.29, 0.717) is 0 Å². The molecule has 4 nitrogen and oxygen atoms in total. The maximum absolute atomic E-state index is 10.1. The molecule has 0 aliphatic carbocycles. The summed E-state index contributed by atoms with van der Waals surface area (Å²) in [5.74, 6) is 1.88. The Balaban J connectivity index is 3.42. The van der Waals surface area contributed by atoms with Crippen LogP contribution in [0, 0.1) is 11.0 Å². The molecule has 0 aromatic carbocycles. The van der Waals surface area contributed by atoms with Crippen LogP contribution >= 0.6 is 7.92 Å². The third-order valence-electron chi connectivity index (χ3n) is 0.455. The second kappa shape index (κ2) is 5.04. The molecule has 0 atom stereocenters. The molecule has 5 heteroatoms. The Kier molecular flexibility index (Phi) is 4.97. The fourth-order valence-electron chi connectivity index (χ4n) is 0.186. The first-order valence-electron chi connectivity index (χ1n) is 1.94. The summed E-state index contributed by atoms with van der Waals surface area (Å²) in [6.07, 6.45) is 0. The van der Waals surface area contributed by atoms with Crippen LogP contribution in [0.2, 0.25) is 0 Å². The first-order chi connectivity index (χ1) is 3.81. The van der Waals surface area contributed by atoms with Gasteiger partial charge in [-0.2, -0.15) is 0 Å². The van der Waals surface area contributed by atoms with Crippen LogP contribution in [0.15, 0.2) is 0 Å². The summed E-state index contributed by atoms with van der Waals surface area (Å²) in [6, 6.07) is 0. The van der Waals surface area contributed by atoms with Crippen molar-refractivity contribution in [2.24, 2.45) is 0 Å². The van der Waals surface area contributed by atoms with Crippen molar-refractivity contribution in [1.29, 1.82) is 0 Å². The van der Waals surface area contributed by atoms with Crippen molar-refractivity contribution in [2.75, 3.05) is 13.2 Å². The molecule has 0 amide bonds. The van der Waals surface area contributed by atoms with Gasteiger partial charge >= 0.3 is 46.8 Å². The molecule has 0 fully saturated rings. The van der Waals surface area contributed by atoms with Gasteiger partial charge in [-0.25, -0.2) is 0 Å². The van der Waals surface area contributed by atoms with Gasteiger partial charge < -0.3 is 0 Å². The summed E-state index contributed by atoms with van der Waals surface area (Å²) in [6.45, 7) is -0.318. The van der Waals surface area contributed by atoms with E-state index in [4.69, 9.17) is 5.11 Å². The molecule has 0 bridgehead atoms. The van der Waals surface area contributed by atoms with Crippen LogP contribution in [0.1, 0.15) is 0 Å². The van der Waals surface area contributed by atoms with Crippen LogP contribution in [-0.4, -0.2) is 23.3 Å². The second-order valence-corrected chi connectivity index (χ2v) is 1.40. The van der Waals surface area contributed by atoms with Gasteiger partial charge in [-0.05, 0) is 0 Å². The average Bonchev–Trinajstić information content (AvgIpc) is 1.68. The molecule has 0 aromatic heterocycles. The minimum absolute atomic E-state index is 0.0742. The Morgan fingerprint density at radius 1 is 1.88 bits per heavy atom. The van der Waals surface area contributed by atoms with E-state index in [2.05, 4.69) is 0 Å². The second-order valence-electron chi connectivity index (χ2n) is 1.02. The van der Waals surface area contributed by atoms with Crippen molar-refractivity contribution in [1.82, 2.24) is 5.06 Å². The van der Waals surface area contributed by atoms with Crippen molar-refractivity contribution in [3.63, 3.8) is 0 Å². The van der Waals surface area contributed by atoms with Crippen LogP contribution in [0.25, 0.3) is 0 Å². The molecule has 0 saturated carbocycles. The molecule has 0 aromatic rings. The van der Waals surface area contributed by atoms with E-state index in [-0.39, 0.29) is 18.2 Å². The number of hydrogen-bond donors (Lipinski definition) is 1. The molecular formula is C3H5NO3P-. The van der Waals surface area contributed by atoms with Gasteiger partial charge in [-0.15, -0.1) is 0 Å². The van der Waals surface area contributed by atoms with E-state index >= 15 is 0 Å². The molecule has 0 radical (unpaired) electrons. The average molecular weight is 134 g/mol. The van der Waals surface area contributed by atoms with Crippen LogP contribution < -0.4 is 0 Å². The van der Waals surface area contributed by atoms with Gasteiger partial charge in [-0.1, -0.05) is 0 Å². The normalized spacial score (nSPS) is 8.88. The molecule has 8 heavy (non-hydrogen) atoms. The predicted molar refractivity (Wildman–Crippen MR) is 28.7 cm³/mol. The van der Waals surface area contributed by atoms with Crippen LogP contribution in [0.3, 0.4) is 0 Å². The Morgan fingerprint density at radius 2 is 2.50 bits per heavy atom. The molecule has 0 aliphatic rings. The van der Waals surface area contributed by atoms with E-state index in [9.17, 15) is 9.77 Å². The summed E-state index contributed by atoms with van der Waals surface area (Å²) in [4.78, 5) is 0. The quantitative estimate of drug-likeness (QED) is 0.327. The van der Waals surface area contributed by atoms with Gasteiger partial charge in [-0.3, -0.25) is 0 Å². The molecule has 46 valence electrons. The van der Waals surface area contributed by atoms with Gasteiger partial charge in [0.05, 0.1) is 0 Å². The van der Waals surface area contributed by atoms with Gasteiger partial charge in [0.15, 0.2) is 0 Å². The number of hydroxylamine groups is 2. The van der Waals surface area contributed by atoms with Crippen molar-refractivity contribution in [3.8, 4) is 5.75 Å². The van der Waals surface area contributed by atoms with Gasteiger partial charge in [0.1, 0.15) is 0 Å². The molecule has 1 N–H and O–H groups in total. The van der Waals surface area contributed by atoms with Crippen molar-refractivity contribution >= 4 is 7.92 Å². The van der Waals surface area contributed by atoms with Crippen LogP contribution in [-0.2, 0) is 4.57 Å². The SMILES string of the molecule is O=P#CN([O-])CCO. The Hall–Kier alpha value is -0.110. The predicted octanol–water partition coefficient (Wildman–Crippen LogP) is -0.0131. The summed E-state index contributed by atoms with van der Waals surface area (Å²) < 4.78 is 9.55. The van der Waals surface area contributed by atoms with E-state index in [0.717, 1.165) is 0 Å². The monoisotopic (exact) mass is 134 g/mol. The maximum atomic E-state index is 10.1. The zero-order chi connectivity index (χ0) is 6.41.